The third-order valence-corrected chi connectivity index (χ3v) is 2.55. The SMILES string of the molecule is CCNc1nc(NCc2cnc(C)cn2)c(F)cc1F. The van der Waals surface area contributed by atoms with Crippen molar-refractivity contribution < 1.29 is 8.78 Å². The van der Waals surface area contributed by atoms with E-state index in [1.165, 1.54) is 0 Å². The molecule has 20 heavy (non-hydrogen) atoms. The van der Waals surface area contributed by atoms with E-state index in [0.717, 1.165) is 11.8 Å². The molecule has 2 rings (SSSR count). The molecule has 0 atom stereocenters. The van der Waals surface area contributed by atoms with Gasteiger partial charge < -0.3 is 10.6 Å². The van der Waals surface area contributed by atoms with Crippen molar-refractivity contribution in [2.45, 2.75) is 20.4 Å². The van der Waals surface area contributed by atoms with Gasteiger partial charge in [-0.1, -0.05) is 0 Å². The number of nitrogens with one attached hydrogen (secondary N) is 2. The van der Waals surface area contributed by atoms with Crippen LogP contribution < -0.4 is 10.6 Å². The smallest absolute Gasteiger partial charge is 0.168 e. The van der Waals surface area contributed by atoms with Gasteiger partial charge in [0.05, 0.1) is 24.1 Å². The highest BCUT2D eigenvalue weighted by atomic mass is 19.1. The molecule has 0 aromatic carbocycles. The molecule has 0 aliphatic rings. The van der Waals surface area contributed by atoms with E-state index in [9.17, 15) is 8.78 Å². The minimum Gasteiger partial charge on any atom is -0.368 e. The van der Waals surface area contributed by atoms with Crippen molar-refractivity contribution in [1.82, 2.24) is 15.0 Å². The number of rotatable bonds is 5. The van der Waals surface area contributed by atoms with Crippen molar-refractivity contribution in [3.05, 3.63) is 41.5 Å². The van der Waals surface area contributed by atoms with E-state index in [4.69, 9.17) is 0 Å². The van der Waals surface area contributed by atoms with Gasteiger partial charge in [-0.3, -0.25) is 9.97 Å². The molecular weight excluding hydrogens is 264 g/mol. The lowest BCUT2D eigenvalue weighted by molar-refractivity contribution is 0.578. The fraction of sp³-hybridized carbons (Fsp3) is 0.308. The molecule has 2 heterocycles. The molecular formula is C13H15F2N5. The Kier molecular flexibility index (Phi) is 4.39. The zero-order valence-electron chi connectivity index (χ0n) is 11.2. The van der Waals surface area contributed by atoms with Crippen molar-refractivity contribution in [3.63, 3.8) is 0 Å². The maximum Gasteiger partial charge on any atom is 0.168 e. The lowest BCUT2D eigenvalue weighted by Gasteiger charge is -2.10. The maximum atomic E-state index is 13.6. The van der Waals surface area contributed by atoms with E-state index < -0.39 is 11.6 Å². The van der Waals surface area contributed by atoms with Crippen molar-refractivity contribution in [2.75, 3.05) is 17.2 Å². The van der Waals surface area contributed by atoms with Crippen LogP contribution in [0.15, 0.2) is 18.5 Å². The van der Waals surface area contributed by atoms with Crippen molar-refractivity contribution >= 4 is 11.6 Å². The monoisotopic (exact) mass is 279 g/mol. The molecule has 0 aliphatic carbocycles. The Labute approximate surface area is 115 Å². The van der Waals surface area contributed by atoms with Crippen LogP contribution in [0.1, 0.15) is 18.3 Å². The highest BCUT2D eigenvalue weighted by Crippen LogP contribution is 2.19. The second kappa shape index (κ2) is 6.23. The normalized spacial score (nSPS) is 10.4. The molecule has 2 aromatic heterocycles. The van der Waals surface area contributed by atoms with Crippen LogP contribution >= 0.6 is 0 Å². The minimum atomic E-state index is -0.746. The number of anilines is 2. The van der Waals surface area contributed by atoms with Gasteiger partial charge in [-0.25, -0.2) is 13.8 Å². The minimum absolute atomic E-state index is 0.0198. The molecule has 0 spiro atoms. The average Bonchev–Trinajstić information content (AvgIpc) is 2.42. The zero-order chi connectivity index (χ0) is 14.5. The van der Waals surface area contributed by atoms with Gasteiger partial charge in [-0.2, -0.15) is 0 Å². The first-order valence-electron chi connectivity index (χ1n) is 6.21. The van der Waals surface area contributed by atoms with Gasteiger partial charge in [0, 0.05) is 18.8 Å². The Balaban J connectivity index is 2.12. The maximum absolute atomic E-state index is 13.6. The summed E-state index contributed by atoms with van der Waals surface area (Å²) in [6.45, 7) is 4.39. The van der Waals surface area contributed by atoms with Crippen molar-refractivity contribution in [2.24, 2.45) is 0 Å². The molecule has 0 unspecified atom stereocenters. The molecule has 5 nitrogen and oxygen atoms in total. The van der Waals surface area contributed by atoms with Crippen LogP contribution in [0.2, 0.25) is 0 Å². The number of hydrogen-bond donors (Lipinski definition) is 2. The summed E-state index contributed by atoms with van der Waals surface area (Å²) >= 11 is 0. The van der Waals surface area contributed by atoms with Crippen molar-refractivity contribution in [1.29, 1.82) is 0 Å². The summed E-state index contributed by atoms with van der Waals surface area (Å²) in [7, 11) is 0. The number of pyridine rings is 1. The molecule has 0 aliphatic heterocycles. The molecule has 0 fully saturated rings. The number of halogens is 2. The fourth-order valence-electron chi connectivity index (χ4n) is 1.57. The third kappa shape index (κ3) is 3.37. The third-order valence-electron chi connectivity index (χ3n) is 2.55. The summed E-state index contributed by atoms with van der Waals surface area (Å²) in [4.78, 5) is 12.1. The fourth-order valence-corrected chi connectivity index (χ4v) is 1.57. The van der Waals surface area contributed by atoms with Gasteiger partial charge in [0.15, 0.2) is 23.3 Å². The van der Waals surface area contributed by atoms with Crippen LogP contribution in [0.3, 0.4) is 0 Å². The highest BCUT2D eigenvalue weighted by molar-refractivity contribution is 5.47. The molecule has 0 saturated heterocycles. The van der Waals surface area contributed by atoms with Gasteiger partial charge in [0.2, 0.25) is 0 Å². The zero-order valence-corrected chi connectivity index (χ0v) is 11.2. The number of hydrogen-bond acceptors (Lipinski definition) is 5. The average molecular weight is 279 g/mol. The molecule has 0 bridgehead atoms. The molecule has 0 radical (unpaired) electrons. The first kappa shape index (κ1) is 14.1. The number of aromatic nitrogens is 3. The summed E-state index contributed by atoms with van der Waals surface area (Å²) in [5.74, 6) is -1.47. The Bertz CT molecular complexity index is 586. The summed E-state index contributed by atoms with van der Waals surface area (Å²) in [5, 5.41) is 5.51. The number of aryl methyl sites for hydroxylation is 1. The predicted molar refractivity (Wildman–Crippen MR) is 72.4 cm³/mol. The first-order valence-corrected chi connectivity index (χ1v) is 6.21. The van der Waals surface area contributed by atoms with E-state index >= 15 is 0 Å². The summed E-state index contributed by atoms with van der Waals surface area (Å²) in [6.07, 6.45) is 3.21. The van der Waals surface area contributed by atoms with E-state index in [2.05, 4.69) is 25.6 Å². The number of nitrogens with zero attached hydrogens (tertiary/aromatic N) is 3. The van der Waals surface area contributed by atoms with Crippen LogP contribution in [0.5, 0.6) is 0 Å². The first-order chi connectivity index (χ1) is 9.60. The molecule has 2 aromatic rings. The Morgan fingerprint density at radius 2 is 1.75 bits per heavy atom. The van der Waals surface area contributed by atoms with Gasteiger partial charge in [-0.15, -0.1) is 0 Å². The molecule has 7 heteroatoms. The summed E-state index contributed by atoms with van der Waals surface area (Å²) in [5.41, 5.74) is 1.44. The molecule has 0 amide bonds. The van der Waals surface area contributed by atoms with E-state index in [0.29, 0.717) is 12.2 Å². The largest absolute Gasteiger partial charge is 0.368 e. The van der Waals surface area contributed by atoms with Crippen LogP contribution in [-0.4, -0.2) is 21.5 Å². The van der Waals surface area contributed by atoms with Crippen LogP contribution in [-0.2, 0) is 6.54 Å². The predicted octanol–water partition coefficient (Wildman–Crippen LogP) is 2.50. The van der Waals surface area contributed by atoms with Crippen LogP contribution in [0, 0.1) is 18.6 Å². The Hall–Kier alpha value is -2.31. The lowest BCUT2D eigenvalue weighted by Crippen LogP contribution is -2.09. The van der Waals surface area contributed by atoms with Gasteiger partial charge in [-0.05, 0) is 13.8 Å². The highest BCUT2D eigenvalue weighted by Gasteiger charge is 2.11. The standard InChI is InChI=1S/C13H15F2N5/c1-3-16-12-10(14)4-11(15)13(20-12)19-7-9-6-17-8(2)5-18-9/h4-6H,3,7H2,1-2H3,(H2,16,19,20). The van der Waals surface area contributed by atoms with Crippen molar-refractivity contribution in [3.8, 4) is 0 Å². The van der Waals surface area contributed by atoms with Gasteiger partial charge >= 0.3 is 0 Å². The lowest BCUT2D eigenvalue weighted by atomic mass is 10.3. The van der Waals surface area contributed by atoms with Crippen LogP contribution in [0.25, 0.3) is 0 Å². The topological polar surface area (TPSA) is 62.7 Å². The van der Waals surface area contributed by atoms with Gasteiger partial charge in [0.25, 0.3) is 0 Å². The molecule has 2 N–H and O–H groups in total. The van der Waals surface area contributed by atoms with E-state index in [1.807, 2.05) is 6.92 Å². The van der Waals surface area contributed by atoms with E-state index in [1.54, 1.807) is 19.3 Å². The quantitative estimate of drug-likeness (QED) is 0.880. The van der Waals surface area contributed by atoms with Crippen LogP contribution in [0.4, 0.5) is 20.4 Å². The second-order valence-electron chi connectivity index (χ2n) is 4.18. The Morgan fingerprint density at radius 3 is 2.35 bits per heavy atom. The molecule has 0 saturated carbocycles. The Morgan fingerprint density at radius 1 is 1.05 bits per heavy atom. The van der Waals surface area contributed by atoms with E-state index in [-0.39, 0.29) is 18.2 Å². The summed E-state index contributed by atoms with van der Waals surface area (Å²) in [6, 6.07) is 0.800. The molecule has 106 valence electrons. The van der Waals surface area contributed by atoms with Gasteiger partial charge in [0.1, 0.15) is 0 Å². The second-order valence-corrected chi connectivity index (χ2v) is 4.18. The summed E-state index contributed by atoms with van der Waals surface area (Å²) < 4.78 is 27.0.